The Morgan fingerprint density at radius 3 is 2.07 bits per heavy atom. The van der Waals surface area contributed by atoms with Crippen molar-refractivity contribution in [1.29, 1.82) is 0 Å². The Morgan fingerprint density at radius 2 is 1.47 bits per heavy atom. The van der Waals surface area contributed by atoms with E-state index in [-0.39, 0.29) is 5.91 Å². The molecule has 2 heterocycles. The van der Waals surface area contributed by atoms with Crippen LogP contribution in [0.5, 0.6) is 17.4 Å². The molecule has 0 bridgehead atoms. The number of hydrogen-bond acceptors (Lipinski definition) is 6. The molecule has 1 aromatic heterocycles. The molecule has 4 rings (SSSR count). The van der Waals surface area contributed by atoms with Crippen molar-refractivity contribution in [2.75, 3.05) is 31.1 Å². The lowest BCUT2D eigenvalue weighted by atomic mass is 10.2. The van der Waals surface area contributed by atoms with Gasteiger partial charge in [0.2, 0.25) is 5.88 Å². The number of piperazine rings is 1. The largest absolute Gasteiger partial charge is 0.481 e. The van der Waals surface area contributed by atoms with Crippen molar-refractivity contribution in [1.82, 2.24) is 15.1 Å². The summed E-state index contributed by atoms with van der Waals surface area (Å²) in [6.45, 7) is 4.41. The zero-order chi connectivity index (χ0) is 20.8. The molecule has 1 amide bonds. The highest BCUT2D eigenvalue weighted by atomic mass is 16.5. The van der Waals surface area contributed by atoms with Gasteiger partial charge in [-0.2, -0.15) is 0 Å². The van der Waals surface area contributed by atoms with Gasteiger partial charge in [-0.25, -0.2) is 0 Å². The van der Waals surface area contributed by atoms with Gasteiger partial charge in [0, 0.05) is 32.2 Å². The number of ether oxygens (including phenoxy) is 2. The summed E-state index contributed by atoms with van der Waals surface area (Å²) < 4.78 is 11.4. The second-order valence-corrected chi connectivity index (χ2v) is 7.03. The third-order valence-electron chi connectivity index (χ3n) is 4.91. The smallest absolute Gasteiger partial charge is 0.263 e. The second kappa shape index (κ2) is 9.26. The quantitative estimate of drug-likeness (QED) is 0.627. The molecular formula is C23H24N4O3. The first-order valence-electron chi connectivity index (χ1n) is 10.0. The van der Waals surface area contributed by atoms with E-state index in [0.717, 1.165) is 11.6 Å². The van der Waals surface area contributed by atoms with Gasteiger partial charge in [0.25, 0.3) is 5.91 Å². The molecule has 1 unspecified atom stereocenters. The number of anilines is 1. The van der Waals surface area contributed by atoms with Gasteiger partial charge in [-0.15, -0.1) is 10.2 Å². The first kappa shape index (κ1) is 19.7. The number of benzene rings is 2. The van der Waals surface area contributed by atoms with Crippen LogP contribution >= 0.6 is 0 Å². The normalized spacial score (nSPS) is 14.8. The van der Waals surface area contributed by atoms with Gasteiger partial charge in [0.15, 0.2) is 11.9 Å². The van der Waals surface area contributed by atoms with Gasteiger partial charge < -0.3 is 19.3 Å². The summed E-state index contributed by atoms with van der Waals surface area (Å²) in [4.78, 5) is 16.7. The van der Waals surface area contributed by atoms with Crippen molar-refractivity contribution in [3.05, 3.63) is 72.8 Å². The van der Waals surface area contributed by atoms with Crippen LogP contribution in [0, 0.1) is 0 Å². The minimum atomic E-state index is -0.520. The zero-order valence-electron chi connectivity index (χ0n) is 16.8. The van der Waals surface area contributed by atoms with Crippen LogP contribution in [0.4, 0.5) is 5.82 Å². The summed E-state index contributed by atoms with van der Waals surface area (Å²) in [5.41, 5.74) is 0. The molecule has 7 heteroatoms. The molecule has 0 N–H and O–H groups in total. The predicted octanol–water partition coefficient (Wildman–Crippen LogP) is 3.39. The third kappa shape index (κ3) is 4.86. The fourth-order valence-corrected chi connectivity index (χ4v) is 3.31. The summed E-state index contributed by atoms with van der Waals surface area (Å²) in [5.74, 6) is 2.64. The Hall–Kier alpha value is -3.61. The molecule has 0 spiro atoms. The van der Waals surface area contributed by atoms with E-state index in [0.29, 0.717) is 37.8 Å². The summed E-state index contributed by atoms with van der Waals surface area (Å²) in [6, 6.07) is 22.6. The molecule has 154 valence electrons. The second-order valence-electron chi connectivity index (χ2n) is 7.03. The summed E-state index contributed by atoms with van der Waals surface area (Å²) in [5, 5.41) is 8.45. The van der Waals surface area contributed by atoms with Crippen molar-refractivity contribution in [2.24, 2.45) is 0 Å². The van der Waals surface area contributed by atoms with Gasteiger partial charge >= 0.3 is 0 Å². The van der Waals surface area contributed by atoms with Crippen LogP contribution in [0.15, 0.2) is 72.8 Å². The number of rotatable bonds is 6. The number of aromatic nitrogens is 2. The molecule has 2 aromatic carbocycles. The van der Waals surface area contributed by atoms with E-state index in [4.69, 9.17) is 9.47 Å². The predicted molar refractivity (Wildman–Crippen MR) is 114 cm³/mol. The zero-order valence-corrected chi connectivity index (χ0v) is 16.8. The van der Waals surface area contributed by atoms with Crippen molar-refractivity contribution >= 4 is 11.7 Å². The molecule has 1 aliphatic rings. The Balaban J connectivity index is 1.29. The Morgan fingerprint density at radius 1 is 0.833 bits per heavy atom. The fraction of sp³-hybridized carbons (Fsp3) is 0.261. The molecule has 0 aliphatic carbocycles. The Labute approximate surface area is 175 Å². The average molecular weight is 404 g/mol. The molecule has 7 nitrogen and oxygen atoms in total. The Kier molecular flexibility index (Phi) is 6.08. The molecule has 0 radical (unpaired) electrons. The van der Waals surface area contributed by atoms with Gasteiger partial charge in [0.05, 0.1) is 0 Å². The van der Waals surface area contributed by atoms with Crippen molar-refractivity contribution in [2.45, 2.75) is 13.0 Å². The van der Waals surface area contributed by atoms with Crippen LogP contribution in [0.1, 0.15) is 6.92 Å². The minimum absolute atomic E-state index is 0.00352. The number of carbonyl (C=O) groups excluding carboxylic acids is 1. The van der Waals surface area contributed by atoms with Crippen LogP contribution in [0.2, 0.25) is 0 Å². The fourth-order valence-electron chi connectivity index (χ4n) is 3.31. The SMILES string of the molecule is CC(Oc1ccccc1)C(=O)N1CCN(c2ccc(Oc3ccccc3)nn2)CC1. The molecule has 1 aliphatic heterocycles. The van der Waals surface area contributed by atoms with Crippen molar-refractivity contribution < 1.29 is 14.3 Å². The summed E-state index contributed by atoms with van der Waals surface area (Å²) in [7, 11) is 0. The van der Waals surface area contributed by atoms with Crippen molar-refractivity contribution in [3.63, 3.8) is 0 Å². The van der Waals surface area contributed by atoms with Crippen LogP contribution in [0.25, 0.3) is 0 Å². The van der Waals surface area contributed by atoms with Gasteiger partial charge in [-0.05, 0) is 37.3 Å². The topological polar surface area (TPSA) is 67.8 Å². The van der Waals surface area contributed by atoms with E-state index in [2.05, 4.69) is 15.1 Å². The van der Waals surface area contributed by atoms with E-state index in [9.17, 15) is 4.79 Å². The van der Waals surface area contributed by atoms with Crippen LogP contribution < -0.4 is 14.4 Å². The molecule has 30 heavy (non-hydrogen) atoms. The minimum Gasteiger partial charge on any atom is -0.481 e. The highest BCUT2D eigenvalue weighted by Crippen LogP contribution is 2.21. The molecule has 3 aromatic rings. The lowest BCUT2D eigenvalue weighted by molar-refractivity contribution is -0.138. The molecule has 1 saturated heterocycles. The van der Waals surface area contributed by atoms with Gasteiger partial charge in [0.1, 0.15) is 11.5 Å². The van der Waals surface area contributed by atoms with Crippen molar-refractivity contribution in [3.8, 4) is 17.4 Å². The first-order valence-corrected chi connectivity index (χ1v) is 10.0. The lowest BCUT2D eigenvalue weighted by Crippen LogP contribution is -2.52. The number of hydrogen-bond donors (Lipinski definition) is 0. The molecule has 1 fully saturated rings. The van der Waals surface area contributed by atoms with E-state index >= 15 is 0 Å². The van der Waals surface area contributed by atoms with E-state index in [1.807, 2.05) is 77.7 Å². The molecule has 0 saturated carbocycles. The maximum absolute atomic E-state index is 12.7. The highest BCUT2D eigenvalue weighted by molar-refractivity contribution is 5.81. The maximum atomic E-state index is 12.7. The van der Waals surface area contributed by atoms with E-state index in [1.54, 1.807) is 6.92 Å². The number of nitrogens with zero attached hydrogens (tertiary/aromatic N) is 4. The van der Waals surface area contributed by atoms with Crippen LogP contribution in [0.3, 0.4) is 0 Å². The maximum Gasteiger partial charge on any atom is 0.263 e. The van der Waals surface area contributed by atoms with Crippen LogP contribution in [-0.2, 0) is 4.79 Å². The number of amides is 1. The first-order chi connectivity index (χ1) is 14.7. The van der Waals surface area contributed by atoms with Gasteiger partial charge in [-0.1, -0.05) is 36.4 Å². The lowest BCUT2D eigenvalue weighted by Gasteiger charge is -2.36. The average Bonchev–Trinajstić information content (AvgIpc) is 2.80. The highest BCUT2D eigenvalue weighted by Gasteiger charge is 2.26. The Bertz CT molecular complexity index is 943. The monoisotopic (exact) mass is 404 g/mol. The van der Waals surface area contributed by atoms with E-state index < -0.39 is 6.10 Å². The number of carbonyl (C=O) groups is 1. The van der Waals surface area contributed by atoms with Gasteiger partial charge in [-0.3, -0.25) is 4.79 Å². The standard InChI is InChI=1S/C23H24N4O3/c1-18(29-19-8-4-2-5-9-19)23(28)27-16-14-26(15-17-27)21-12-13-22(25-24-21)30-20-10-6-3-7-11-20/h2-13,18H,14-17H2,1H3. The summed E-state index contributed by atoms with van der Waals surface area (Å²) in [6.07, 6.45) is -0.520. The number of para-hydroxylation sites is 2. The van der Waals surface area contributed by atoms with Crippen LogP contribution in [-0.4, -0.2) is 53.3 Å². The van der Waals surface area contributed by atoms with E-state index in [1.165, 1.54) is 0 Å². The molecular weight excluding hydrogens is 380 g/mol. The summed E-state index contributed by atoms with van der Waals surface area (Å²) >= 11 is 0. The molecule has 1 atom stereocenters. The third-order valence-corrected chi connectivity index (χ3v) is 4.91.